The van der Waals surface area contributed by atoms with Crippen LogP contribution in [0.25, 0.3) is 0 Å². The zero-order chi connectivity index (χ0) is 20.1. The molecule has 1 heterocycles. The van der Waals surface area contributed by atoms with Crippen molar-refractivity contribution >= 4 is 29.1 Å². The highest BCUT2D eigenvalue weighted by Gasteiger charge is 2.22. The van der Waals surface area contributed by atoms with Gasteiger partial charge in [-0.25, -0.2) is 4.39 Å². The second-order valence-electron chi connectivity index (χ2n) is 6.94. The number of aryl methyl sites for hydroxylation is 1. The number of nitrogens with zero attached hydrogens (tertiary/aromatic N) is 2. The van der Waals surface area contributed by atoms with Crippen molar-refractivity contribution in [1.82, 2.24) is 9.80 Å². The van der Waals surface area contributed by atoms with Crippen LogP contribution in [-0.2, 0) is 16.0 Å². The third kappa shape index (κ3) is 5.30. The van der Waals surface area contributed by atoms with Crippen LogP contribution >= 0.6 is 11.6 Å². The Morgan fingerprint density at radius 2 is 1.82 bits per heavy atom. The summed E-state index contributed by atoms with van der Waals surface area (Å²) in [4.78, 5) is 28.6. The highest BCUT2D eigenvalue weighted by molar-refractivity contribution is 6.31. The molecule has 0 atom stereocenters. The number of piperazine rings is 1. The Balaban J connectivity index is 1.45. The molecule has 0 bridgehead atoms. The molecule has 3 rings (SSSR count). The van der Waals surface area contributed by atoms with Crippen molar-refractivity contribution in [2.24, 2.45) is 0 Å². The quantitative estimate of drug-likeness (QED) is 0.834. The number of carbonyl (C=O) groups is 2. The molecule has 28 heavy (non-hydrogen) atoms. The van der Waals surface area contributed by atoms with Crippen LogP contribution in [-0.4, -0.2) is 54.3 Å². The minimum atomic E-state index is -0.522. The number of hydrogen-bond acceptors (Lipinski definition) is 3. The first-order valence-electron chi connectivity index (χ1n) is 9.22. The SMILES string of the molecule is Cc1ccccc1CC(=O)N1CCN(CC(=O)Nc2ccc(F)c(Cl)c2)CC1. The standard InChI is InChI=1S/C21H23ClFN3O2/c1-15-4-2-3-5-16(15)12-21(28)26-10-8-25(9-11-26)14-20(27)24-17-6-7-19(23)18(22)13-17/h2-7,13H,8-12,14H2,1H3,(H,24,27). The van der Waals surface area contributed by atoms with Crippen molar-refractivity contribution in [3.8, 4) is 0 Å². The van der Waals surface area contributed by atoms with Crippen molar-refractivity contribution in [2.75, 3.05) is 38.0 Å². The van der Waals surface area contributed by atoms with E-state index in [1.54, 1.807) is 0 Å². The topological polar surface area (TPSA) is 52.7 Å². The van der Waals surface area contributed by atoms with Crippen molar-refractivity contribution < 1.29 is 14.0 Å². The number of nitrogens with one attached hydrogen (secondary N) is 1. The van der Waals surface area contributed by atoms with Crippen LogP contribution < -0.4 is 5.32 Å². The van der Waals surface area contributed by atoms with Gasteiger partial charge in [0.2, 0.25) is 11.8 Å². The van der Waals surface area contributed by atoms with E-state index in [0.29, 0.717) is 38.3 Å². The van der Waals surface area contributed by atoms with Gasteiger partial charge in [-0.3, -0.25) is 14.5 Å². The number of carbonyl (C=O) groups excluding carboxylic acids is 2. The summed E-state index contributed by atoms with van der Waals surface area (Å²) in [6.45, 7) is 4.69. The smallest absolute Gasteiger partial charge is 0.238 e. The molecule has 1 aliphatic heterocycles. The lowest BCUT2D eigenvalue weighted by atomic mass is 10.1. The summed E-state index contributed by atoms with van der Waals surface area (Å²) in [6.07, 6.45) is 0.401. The number of benzene rings is 2. The lowest BCUT2D eigenvalue weighted by Crippen LogP contribution is -2.50. The molecule has 1 saturated heterocycles. The van der Waals surface area contributed by atoms with E-state index < -0.39 is 5.82 Å². The van der Waals surface area contributed by atoms with Gasteiger partial charge in [-0.05, 0) is 36.2 Å². The molecule has 0 radical (unpaired) electrons. The van der Waals surface area contributed by atoms with E-state index in [9.17, 15) is 14.0 Å². The molecule has 5 nitrogen and oxygen atoms in total. The first kappa shape index (κ1) is 20.3. The van der Waals surface area contributed by atoms with Gasteiger partial charge in [-0.1, -0.05) is 35.9 Å². The highest BCUT2D eigenvalue weighted by Crippen LogP contribution is 2.19. The van der Waals surface area contributed by atoms with E-state index in [1.165, 1.54) is 18.2 Å². The lowest BCUT2D eigenvalue weighted by molar-refractivity contribution is -0.132. The predicted molar refractivity (Wildman–Crippen MR) is 108 cm³/mol. The first-order chi connectivity index (χ1) is 13.4. The molecule has 1 N–H and O–H groups in total. The monoisotopic (exact) mass is 403 g/mol. The zero-order valence-electron chi connectivity index (χ0n) is 15.8. The van der Waals surface area contributed by atoms with Gasteiger partial charge in [-0.2, -0.15) is 0 Å². The van der Waals surface area contributed by atoms with E-state index in [1.807, 2.05) is 41.0 Å². The Kier molecular flexibility index (Phi) is 6.65. The van der Waals surface area contributed by atoms with Gasteiger partial charge in [0.05, 0.1) is 18.0 Å². The van der Waals surface area contributed by atoms with E-state index in [4.69, 9.17) is 11.6 Å². The Labute approximate surface area is 169 Å². The minimum absolute atomic E-state index is 0.0291. The Morgan fingerprint density at radius 1 is 1.11 bits per heavy atom. The van der Waals surface area contributed by atoms with E-state index in [-0.39, 0.29) is 23.4 Å². The summed E-state index contributed by atoms with van der Waals surface area (Å²) in [7, 11) is 0. The maximum absolute atomic E-state index is 13.2. The fraction of sp³-hybridized carbons (Fsp3) is 0.333. The van der Waals surface area contributed by atoms with E-state index in [0.717, 1.165) is 11.1 Å². The maximum atomic E-state index is 13.2. The molecule has 148 valence electrons. The van der Waals surface area contributed by atoms with Crippen molar-refractivity contribution in [3.05, 3.63) is 64.4 Å². The van der Waals surface area contributed by atoms with Crippen LogP contribution in [0.15, 0.2) is 42.5 Å². The molecular weight excluding hydrogens is 381 g/mol. The number of anilines is 1. The fourth-order valence-electron chi connectivity index (χ4n) is 3.22. The summed E-state index contributed by atoms with van der Waals surface area (Å²) in [5, 5.41) is 2.69. The molecule has 0 saturated carbocycles. The van der Waals surface area contributed by atoms with Crippen LogP contribution in [0.2, 0.25) is 5.02 Å². The van der Waals surface area contributed by atoms with Gasteiger partial charge in [0.1, 0.15) is 5.82 Å². The second-order valence-corrected chi connectivity index (χ2v) is 7.34. The third-order valence-electron chi connectivity index (χ3n) is 4.90. The molecule has 1 fully saturated rings. The summed E-state index contributed by atoms with van der Waals surface area (Å²) >= 11 is 5.73. The normalized spacial score (nSPS) is 14.8. The highest BCUT2D eigenvalue weighted by atomic mass is 35.5. The summed E-state index contributed by atoms with van der Waals surface area (Å²) in [6, 6.07) is 12.0. The van der Waals surface area contributed by atoms with Crippen LogP contribution in [0.3, 0.4) is 0 Å². The third-order valence-corrected chi connectivity index (χ3v) is 5.19. The minimum Gasteiger partial charge on any atom is -0.340 e. The van der Waals surface area contributed by atoms with Gasteiger partial charge >= 0.3 is 0 Å². The molecule has 0 spiro atoms. The lowest BCUT2D eigenvalue weighted by Gasteiger charge is -2.34. The van der Waals surface area contributed by atoms with Gasteiger partial charge in [0, 0.05) is 31.9 Å². The van der Waals surface area contributed by atoms with E-state index >= 15 is 0 Å². The summed E-state index contributed by atoms with van der Waals surface area (Å²) < 4.78 is 13.2. The Morgan fingerprint density at radius 3 is 2.50 bits per heavy atom. The molecule has 0 aliphatic carbocycles. The van der Waals surface area contributed by atoms with Crippen molar-refractivity contribution in [2.45, 2.75) is 13.3 Å². The Bertz CT molecular complexity index is 866. The fourth-order valence-corrected chi connectivity index (χ4v) is 3.40. The predicted octanol–water partition coefficient (Wildman–Crippen LogP) is 3.11. The number of halogens is 2. The number of rotatable bonds is 5. The van der Waals surface area contributed by atoms with Gasteiger partial charge in [0.15, 0.2) is 0 Å². The zero-order valence-corrected chi connectivity index (χ0v) is 16.5. The maximum Gasteiger partial charge on any atom is 0.238 e. The number of amides is 2. The molecule has 1 aliphatic rings. The van der Waals surface area contributed by atoms with Gasteiger partial charge in [-0.15, -0.1) is 0 Å². The molecule has 2 aromatic carbocycles. The molecular formula is C21H23ClFN3O2. The summed E-state index contributed by atoms with van der Waals surface area (Å²) in [5.41, 5.74) is 2.63. The van der Waals surface area contributed by atoms with Crippen LogP contribution in [0.5, 0.6) is 0 Å². The van der Waals surface area contributed by atoms with Gasteiger partial charge in [0.25, 0.3) is 0 Å². The molecule has 0 unspecified atom stereocenters. The van der Waals surface area contributed by atoms with Crippen molar-refractivity contribution in [3.63, 3.8) is 0 Å². The summed E-state index contributed by atoms with van der Waals surface area (Å²) in [5.74, 6) is -0.604. The second kappa shape index (κ2) is 9.17. The van der Waals surface area contributed by atoms with Crippen LogP contribution in [0, 0.1) is 12.7 Å². The largest absolute Gasteiger partial charge is 0.340 e. The van der Waals surface area contributed by atoms with Gasteiger partial charge < -0.3 is 10.2 Å². The molecule has 0 aromatic heterocycles. The number of hydrogen-bond donors (Lipinski definition) is 1. The Hall–Kier alpha value is -2.44. The first-order valence-corrected chi connectivity index (χ1v) is 9.59. The van der Waals surface area contributed by atoms with Crippen molar-refractivity contribution in [1.29, 1.82) is 0 Å². The average Bonchev–Trinajstić information content (AvgIpc) is 2.67. The molecule has 2 aromatic rings. The van der Waals surface area contributed by atoms with Crippen LogP contribution in [0.4, 0.5) is 10.1 Å². The van der Waals surface area contributed by atoms with E-state index in [2.05, 4.69) is 5.32 Å². The molecule has 7 heteroatoms. The molecule has 2 amide bonds. The van der Waals surface area contributed by atoms with Crippen LogP contribution in [0.1, 0.15) is 11.1 Å². The average molecular weight is 404 g/mol.